The van der Waals surface area contributed by atoms with Crippen LogP contribution in [0.1, 0.15) is 24.3 Å². The van der Waals surface area contributed by atoms with Crippen molar-refractivity contribution in [1.82, 2.24) is 15.5 Å². The Hall–Kier alpha value is -1.39. The lowest BCUT2D eigenvalue weighted by Gasteiger charge is -2.20. The third kappa shape index (κ3) is 3.58. The number of benzene rings is 1. The number of rotatable bonds is 3. The van der Waals surface area contributed by atoms with Gasteiger partial charge < -0.3 is 9.84 Å². The van der Waals surface area contributed by atoms with Gasteiger partial charge in [0.05, 0.1) is 0 Å². The maximum absolute atomic E-state index is 5.37. The van der Waals surface area contributed by atoms with E-state index in [0.717, 1.165) is 31.0 Å². The van der Waals surface area contributed by atoms with Gasteiger partial charge in [-0.2, -0.15) is 4.98 Å². The molecule has 108 valence electrons. The summed E-state index contributed by atoms with van der Waals surface area (Å²) in [5.41, 5.74) is 2.26. The fraction of sp³-hybridized carbons (Fsp3) is 0.467. The highest BCUT2D eigenvalue weighted by molar-refractivity contribution is 5.85. The van der Waals surface area contributed by atoms with Gasteiger partial charge in [0.1, 0.15) is 0 Å². The molecule has 1 aliphatic heterocycles. The number of nitrogens with one attached hydrogen (secondary N) is 1. The van der Waals surface area contributed by atoms with E-state index in [-0.39, 0.29) is 12.4 Å². The SMILES string of the molecule is Cc1ccc(-c2noc(CC3CCNCC3)n2)cc1.Cl. The van der Waals surface area contributed by atoms with Crippen LogP contribution < -0.4 is 5.32 Å². The summed E-state index contributed by atoms with van der Waals surface area (Å²) in [6.07, 6.45) is 3.30. The van der Waals surface area contributed by atoms with E-state index in [1.807, 2.05) is 12.1 Å². The zero-order chi connectivity index (χ0) is 13.1. The van der Waals surface area contributed by atoms with Crippen molar-refractivity contribution in [3.8, 4) is 11.4 Å². The monoisotopic (exact) mass is 293 g/mol. The van der Waals surface area contributed by atoms with Crippen LogP contribution in [-0.2, 0) is 6.42 Å². The first-order valence-electron chi connectivity index (χ1n) is 6.91. The Bertz CT molecular complexity index is 532. The largest absolute Gasteiger partial charge is 0.339 e. The van der Waals surface area contributed by atoms with E-state index >= 15 is 0 Å². The summed E-state index contributed by atoms with van der Waals surface area (Å²) in [5, 5.41) is 7.45. The molecule has 1 saturated heterocycles. The van der Waals surface area contributed by atoms with Crippen LogP contribution in [0.3, 0.4) is 0 Å². The maximum Gasteiger partial charge on any atom is 0.227 e. The molecule has 1 aliphatic rings. The minimum atomic E-state index is 0. The Morgan fingerprint density at radius 3 is 2.60 bits per heavy atom. The summed E-state index contributed by atoms with van der Waals surface area (Å²) >= 11 is 0. The number of piperidine rings is 1. The number of aryl methyl sites for hydroxylation is 1. The lowest BCUT2D eigenvalue weighted by atomic mass is 9.95. The van der Waals surface area contributed by atoms with Gasteiger partial charge >= 0.3 is 0 Å². The van der Waals surface area contributed by atoms with Crippen molar-refractivity contribution in [3.05, 3.63) is 35.7 Å². The quantitative estimate of drug-likeness (QED) is 0.945. The predicted octanol–water partition coefficient (Wildman–Crippen LogP) is 3.01. The molecule has 5 heteroatoms. The molecule has 0 atom stereocenters. The second kappa shape index (κ2) is 6.86. The van der Waals surface area contributed by atoms with Crippen LogP contribution >= 0.6 is 12.4 Å². The van der Waals surface area contributed by atoms with Gasteiger partial charge in [0.25, 0.3) is 0 Å². The van der Waals surface area contributed by atoms with E-state index in [4.69, 9.17) is 4.52 Å². The van der Waals surface area contributed by atoms with Crippen LogP contribution in [0.25, 0.3) is 11.4 Å². The molecule has 0 spiro atoms. The van der Waals surface area contributed by atoms with Crippen molar-refractivity contribution in [2.24, 2.45) is 5.92 Å². The van der Waals surface area contributed by atoms with Crippen LogP contribution in [0.2, 0.25) is 0 Å². The van der Waals surface area contributed by atoms with Crippen molar-refractivity contribution in [2.75, 3.05) is 13.1 Å². The first kappa shape index (κ1) is 15.0. The van der Waals surface area contributed by atoms with Crippen molar-refractivity contribution in [1.29, 1.82) is 0 Å². The van der Waals surface area contributed by atoms with Crippen molar-refractivity contribution >= 4 is 12.4 Å². The Morgan fingerprint density at radius 2 is 1.90 bits per heavy atom. The molecule has 1 fully saturated rings. The van der Waals surface area contributed by atoms with E-state index in [0.29, 0.717) is 11.7 Å². The summed E-state index contributed by atoms with van der Waals surface area (Å²) in [6.45, 7) is 4.27. The Balaban J connectivity index is 0.00000147. The van der Waals surface area contributed by atoms with Crippen molar-refractivity contribution in [2.45, 2.75) is 26.2 Å². The second-order valence-corrected chi connectivity index (χ2v) is 5.28. The third-order valence-electron chi connectivity index (χ3n) is 3.70. The van der Waals surface area contributed by atoms with Gasteiger partial charge in [0, 0.05) is 12.0 Å². The highest BCUT2D eigenvalue weighted by atomic mass is 35.5. The molecule has 2 aromatic rings. The highest BCUT2D eigenvalue weighted by Crippen LogP contribution is 2.20. The minimum Gasteiger partial charge on any atom is -0.339 e. The summed E-state index contributed by atoms with van der Waals surface area (Å²) in [5.74, 6) is 2.14. The molecule has 3 rings (SSSR count). The van der Waals surface area contributed by atoms with Gasteiger partial charge in [-0.3, -0.25) is 0 Å². The van der Waals surface area contributed by atoms with Gasteiger partial charge in [-0.05, 0) is 38.8 Å². The van der Waals surface area contributed by atoms with E-state index in [2.05, 4.69) is 34.5 Å². The molecule has 2 heterocycles. The van der Waals surface area contributed by atoms with Gasteiger partial charge in [0.2, 0.25) is 11.7 Å². The molecular formula is C15H20ClN3O. The predicted molar refractivity (Wildman–Crippen MR) is 81.0 cm³/mol. The third-order valence-corrected chi connectivity index (χ3v) is 3.70. The van der Waals surface area contributed by atoms with Crippen LogP contribution in [0.4, 0.5) is 0 Å². The van der Waals surface area contributed by atoms with Crippen molar-refractivity contribution in [3.63, 3.8) is 0 Å². The minimum absolute atomic E-state index is 0. The first-order chi connectivity index (χ1) is 9.31. The maximum atomic E-state index is 5.37. The van der Waals surface area contributed by atoms with E-state index in [9.17, 15) is 0 Å². The smallest absolute Gasteiger partial charge is 0.227 e. The lowest BCUT2D eigenvalue weighted by Crippen LogP contribution is -2.28. The molecule has 0 amide bonds. The van der Waals surface area contributed by atoms with E-state index in [1.54, 1.807) is 0 Å². The Kier molecular flexibility index (Phi) is 5.15. The number of halogens is 1. The first-order valence-corrected chi connectivity index (χ1v) is 6.91. The average molecular weight is 294 g/mol. The molecule has 1 aromatic heterocycles. The summed E-state index contributed by atoms with van der Waals surface area (Å²) in [7, 11) is 0. The number of hydrogen-bond donors (Lipinski definition) is 1. The molecule has 4 nitrogen and oxygen atoms in total. The number of hydrogen-bond acceptors (Lipinski definition) is 4. The second-order valence-electron chi connectivity index (χ2n) is 5.28. The van der Waals surface area contributed by atoms with E-state index < -0.39 is 0 Å². The zero-order valence-electron chi connectivity index (χ0n) is 11.6. The molecule has 0 bridgehead atoms. The van der Waals surface area contributed by atoms with Crippen LogP contribution in [0, 0.1) is 12.8 Å². The topological polar surface area (TPSA) is 51.0 Å². The summed E-state index contributed by atoms with van der Waals surface area (Å²) in [4.78, 5) is 4.51. The van der Waals surface area contributed by atoms with Crippen LogP contribution in [0.5, 0.6) is 0 Å². The zero-order valence-corrected chi connectivity index (χ0v) is 12.4. The molecule has 0 unspecified atom stereocenters. The number of nitrogens with zero attached hydrogens (tertiary/aromatic N) is 2. The molecular weight excluding hydrogens is 274 g/mol. The van der Waals surface area contributed by atoms with Crippen LogP contribution in [0.15, 0.2) is 28.8 Å². The lowest BCUT2D eigenvalue weighted by molar-refractivity contribution is 0.313. The normalized spacial score (nSPS) is 15.8. The molecule has 0 saturated carbocycles. The fourth-order valence-corrected chi connectivity index (χ4v) is 2.49. The average Bonchev–Trinajstić information content (AvgIpc) is 2.89. The van der Waals surface area contributed by atoms with Gasteiger partial charge in [0.15, 0.2) is 0 Å². The standard InChI is InChI=1S/C15H19N3O.ClH/c1-11-2-4-13(5-3-11)15-17-14(19-18-15)10-12-6-8-16-9-7-12;/h2-5,12,16H,6-10H2,1H3;1H. The summed E-state index contributed by atoms with van der Waals surface area (Å²) in [6, 6.07) is 8.21. The van der Waals surface area contributed by atoms with Crippen molar-refractivity contribution < 1.29 is 4.52 Å². The van der Waals surface area contributed by atoms with Gasteiger partial charge in [-0.15, -0.1) is 12.4 Å². The highest BCUT2D eigenvalue weighted by Gasteiger charge is 2.17. The van der Waals surface area contributed by atoms with Crippen LogP contribution in [-0.4, -0.2) is 23.2 Å². The van der Waals surface area contributed by atoms with Gasteiger partial charge in [-0.25, -0.2) is 0 Å². The Morgan fingerprint density at radius 1 is 1.20 bits per heavy atom. The number of aromatic nitrogens is 2. The molecule has 0 radical (unpaired) electrons. The Labute approximate surface area is 125 Å². The van der Waals surface area contributed by atoms with E-state index in [1.165, 1.54) is 18.4 Å². The molecule has 20 heavy (non-hydrogen) atoms. The summed E-state index contributed by atoms with van der Waals surface area (Å²) < 4.78 is 5.37. The molecule has 1 N–H and O–H groups in total. The van der Waals surface area contributed by atoms with Gasteiger partial charge in [-0.1, -0.05) is 35.0 Å². The fourth-order valence-electron chi connectivity index (χ4n) is 2.49. The molecule has 1 aromatic carbocycles. The molecule has 0 aliphatic carbocycles.